The van der Waals surface area contributed by atoms with Gasteiger partial charge in [-0.05, 0) is 54.8 Å². The van der Waals surface area contributed by atoms with Crippen molar-refractivity contribution < 1.29 is 23.7 Å². The Kier molecular flexibility index (Phi) is 5.21. The number of hydrogen-bond acceptors (Lipinski definition) is 5. The molecule has 2 aromatic rings. The highest BCUT2D eigenvalue weighted by Gasteiger charge is 2.42. The lowest BCUT2D eigenvalue weighted by molar-refractivity contribution is -0.125. The van der Waals surface area contributed by atoms with Crippen LogP contribution >= 0.6 is 0 Å². The third-order valence-corrected chi connectivity index (χ3v) is 5.19. The lowest BCUT2D eigenvalue weighted by Gasteiger charge is -2.36. The molecule has 0 radical (unpaired) electrons. The summed E-state index contributed by atoms with van der Waals surface area (Å²) in [6.45, 7) is 5.36. The molecular weight excluding hydrogens is 358 g/mol. The van der Waals surface area contributed by atoms with Crippen LogP contribution in [0.5, 0.6) is 17.2 Å². The Morgan fingerprint density at radius 2 is 1.86 bits per heavy atom. The molecule has 4 rings (SSSR count). The second-order valence-electron chi connectivity index (χ2n) is 6.84. The number of fused-ring (bicyclic) bond motifs is 1. The zero-order valence-corrected chi connectivity index (χ0v) is 15.6. The standard InChI is InChI=1S/C22H23NO5/c1-2-11-26-18-6-4-17(5-7-18)23-21(24)22(9-12-25-13-10-22)16-3-8-19-20(14-16)28-15-27-19/h2-8,14H,1,9-13,15H2,(H,23,24). The van der Waals surface area contributed by atoms with Crippen molar-refractivity contribution in [3.63, 3.8) is 0 Å². The average molecular weight is 381 g/mol. The minimum absolute atomic E-state index is 0.0468. The molecule has 1 fully saturated rings. The maximum absolute atomic E-state index is 13.4. The maximum Gasteiger partial charge on any atom is 0.235 e. The van der Waals surface area contributed by atoms with Gasteiger partial charge in [0.1, 0.15) is 12.4 Å². The van der Waals surface area contributed by atoms with Crippen LogP contribution in [-0.2, 0) is 14.9 Å². The minimum atomic E-state index is -0.669. The van der Waals surface area contributed by atoms with Gasteiger partial charge >= 0.3 is 0 Å². The Morgan fingerprint density at radius 3 is 2.61 bits per heavy atom. The van der Waals surface area contributed by atoms with Gasteiger partial charge in [-0.2, -0.15) is 0 Å². The molecule has 6 nitrogen and oxygen atoms in total. The van der Waals surface area contributed by atoms with E-state index >= 15 is 0 Å². The lowest BCUT2D eigenvalue weighted by Crippen LogP contribution is -2.44. The number of benzene rings is 2. The molecule has 0 bridgehead atoms. The highest BCUT2D eigenvalue weighted by molar-refractivity contribution is 5.99. The molecule has 2 aliphatic rings. The Balaban J connectivity index is 1.57. The third kappa shape index (κ3) is 3.55. The highest BCUT2D eigenvalue weighted by Crippen LogP contribution is 2.41. The van der Waals surface area contributed by atoms with Gasteiger partial charge in [-0.3, -0.25) is 4.79 Å². The van der Waals surface area contributed by atoms with E-state index in [2.05, 4.69) is 11.9 Å². The van der Waals surface area contributed by atoms with E-state index < -0.39 is 5.41 Å². The summed E-state index contributed by atoms with van der Waals surface area (Å²) < 4.78 is 21.9. The molecule has 0 aromatic heterocycles. The summed E-state index contributed by atoms with van der Waals surface area (Å²) in [6, 6.07) is 13.1. The van der Waals surface area contributed by atoms with E-state index in [4.69, 9.17) is 18.9 Å². The predicted octanol–water partition coefficient (Wildman–Crippen LogP) is 3.67. The molecule has 0 spiro atoms. The summed E-state index contributed by atoms with van der Waals surface area (Å²) >= 11 is 0. The van der Waals surface area contributed by atoms with Crippen LogP contribution in [0.3, 0.4) is 0 Å². The zero-order chi connectivity index (χ0) is 19.4. The Hall–Kier alpha value is -2.99. The van der Waals surface area contributed by atoms with Gasteiger partial charge in [-0.15, -0.1) is 0 Å². The zero-order valence-electron chi connectivity index (χ0n) is 15.6. The van der Waals surface area contributed by atoms with Crippen molar-refractivity contribution >= 4 is 11.6 Å². The Labute approximate surface area is 164 Å². The lowest BCUT2D eigenvalue weighted by atomic mass is 9.73. The van der Waals surface area contributed by atoms with Gasteiger partial charge in [0.2, 0.25) is 12.7 Å². The number of nitrogens with one attached hydrogen (secondary N) is 1. The third-order valence-electron chi connectivity index (χ3n) is 5.19. The Morgan fingerprint density at radius 1 is 1.11 bits per heavy atom. The van der Waals surface area contributed by atoms with E-state index in [1.54, 1.807) is 6.08 Å². The molecular formula is C22H23NO5. The van der Waals surface area contributed by atoms with E-state index in [9.17, 15) is 4.79 Å². The smallest absolute Gasteiger partial charge is 0.235 e. The first-order valence-electron chi connectivity index (χ1n) is 9.34. The molecule has 28 heavy (non-hydrogen) atoms. The first-order valence-corrected chi connectivity index (χ1v) is 9.34. The SMILES string of the molecule is C=CCOc1ccc(NC(=O)C2(c3ccc4c(c3)OCO4)CCOCC2)cc1. The molecule has 1 saturated heterocycles. The number of ether oxygens (including phenoxy) is 4. The number of carbonyl (C=O) groups is 1. The molecule has 0 unspecified atom stereocenters. The fourth-order valence-corrected chi connectivity index (χ4v) is 3.60. The van der Waals surface area contributed by atoms with Gasteiger partial charge < -0.3 is 24.3 Å². The second kappa shape index (κ2) is 7.94. The van der Waals surface area contributed by atoms with Crippen LogP contribution < -0.4 is 19.5 Å². The highest BCUT2D eigenvalue weighted by atomic mass is 16.7. The molecule has 2 aliphatic heterocycles. The van der Waals surface area contributed by atoms with Crippen LogP contribution in [0.15, 0.2) is 55.1 Å². The van der Waals surface area contributed by atoms with Crippen molar-refractivity contribution in [3.8, 4) is 17.2 Å². The summed E-state index contributed by atoms with van der Waals surface area (Å²) in [4.78, 5) is 13.4. The largest absolute Gasteiger partial charge is 0.490 e. The van der Waals surface area contributed by atoms with Crippen molar-refractivity contribution in [1.82, 2.24) is 0 Å². The topological polar surface area (TPSA) is 66.0 Å². The van der Waals surface area contributed by atoms with E-state index in [1.807, 2.05) is 42.5 Å². The van der Waals surface area contributed by atoms with Crippen molar-refractivity contribution in [2.45, 2.75) is 18.3 Å². The number of amides is 1. The monoisotopic (exact) mass is 381 g/mol. The molecule has 2 heterocycles. The maximum atomic E-state index is 13.4. The van der Waals surface area contributed by atoms with E-state index in [0.29, 0.717) is 44.2 Å². The van der Waals surface area contributed by atoms with Crippen LogP contribution in [0.2, 0.25) is 0 Å². The van der Waals surface area contributed by atoms with Crippen molar-refractivity contribution in [1.29, 1.82) is 0 Å². The van der Waals surface area contributed by atoms with E-state index in [0.717, 1.165) is 17.0 Å². The average Bonchev–Trinajstić information content (AvgIpc) is 3.21. The number of anilines is 1. The fourth-order valence-electron chi connectivity index (χ4n) is 3.60. The molecule has 1 N–H and O–H groups in total. The first-order chi connectivity index (χ1) is 13.7. The molecule has 6 heteroatoms. The second-order valence-corrected chi connectivity index (χ2v) is 6.84. The summed E-state index contributed by atoms with van der Waals surface area (Å²) in [7, 11) is 0. The summed E-state index contributed by atoms with van der Waals surface area (Å²) in [5, 5.41) is 3.06. The predicted molar refractivity (Wildman–Crippen MR) is 105 cm³/mol. The van der Waals surface area contributed by atoms with Gasteiger partial charge in [0.15, 0.2) is 11.5 Å². The van der Waals surface area contributed by atoms with Crippen LogP contribution in [0.4, 0.5) is 5.69 Å². The molecule has 146 valence electrons. The number of rotatable bonds is 6. The van der Waals surface area contributed by atoms with Crippen LogP contribution in [-0.4, -0.2) is 32.5 Å². The van der Waals surface area contributed by atoms with Crippen LogP contribution in [0.1, 0.15) is 18.4 Å². The molecule has 0 atom stereocenters. The van der Waals surface area contributed by atoms with Crippen molar-refractivity contribution in [3.05, 3.63) is 60.7 Å². The molecule has 0 aliphatic carbocycles. The van der Waals surface area contributed by atoms with Crippen molar-refractivity contribution in [2.75, 3.05) is 31.9 Å². The van der Waals surface area contributed by atoms with Crippen LogP contribution in [0.25, 0.3) is 0 Å². The van der Waals surface area contributed by atoms with E-state index in [-0.39, 0.29) is 12.7 Å². The fraction of sp³-hybridized carbons (Fsp3) is 0.318. The molecule has 2 aromatic carbocycles. The molecule has 0 saturated carbocycles. The van der Waals surface area contributed by atoms with Crippen LogP contribution in [0, 0.1) is 0 Å². The first kappa shape index (κ1) is 18.4. The van der Waals surface area contributed by atoms with Gasteiger partial charge in [0.25, 0.3) is 0 Å². The molecule has 1 amide bonds. The number of carbonyl (C=O) groups excluding carboxylic acids is 1. The van der Waals surface area contributed by atoms with E-state index in [1.165, 1.54) is 0 Å². The summed E-state index contributed by atoms with van der Waals surface area (Å²) in [5.41, 5.74) is 0.975. The quantitative estimate of drug-likeness (QED) is 0.774. The summed E-state index contributed by atoms with van der Waals surface area (Å²) in [6.07, 6.45) is 2.91. The van der Waals surface area contributed by atoms with Gasteiger partial charge in [-0.25, -0.2) is 0 Å². The van der Waals surface area contributed by atoms with Gasteiger partial charge in [0.05, 0.1) is 5.41 Å². The number of hydrogen-bond donors (Lipinski definition) is 1. The van der Waals surface area contributed by atoms with Gasteiger partial charge in [-0.1, -0.05) is 18.7 Å². The summed E-state index contributed by atoms with van der Waals surface area (Å²) in [5.74, 6) is 2.07. The minimum Gasteiger partial charge on any atom is -0.490 e. The Bertz CT molecular complexity index is 856. The van der Waals surface area contributed by atoms with Crippen molar-refractivity contribution in [2.24, 2.45) is 0 Å². The normalized spacial score (nSPS) is 17.0. The van der Waals surface area contributed by atoms with Gasteiger partial charge in [0, 0.05) is 18.9 Å².